The number of benzene rings is 1. The molecule has 2 rings (SSSR count). The van der Waals surface area contributed by atoms with Crippen LogP contribution in [-0.4, -0.2) is 35.4 Å². The molecule has 5 nitrogen and oxygen atoms in total. The van der Waals surface area contributed by atoms with Crippen molar-refractivity contribution in [1.29, 1.82) is 0 Å². The summed E-state index contributed by atoms with van der Waals surface area (Å²) >= 11 is 0. The van der Waals surface area contributed by atoms with Crippen LogP contribution in [-0.2, 0) is 16.1 Å². The van der Waals surface area contributed by atoms with E-state index in [1.54, 1.807) is 49.8 Å². The highest BCUT2D eigenvalue weighted by molar-refractivity contribution is 5.95. The molecule has 21 heavy (non-hydrogen) atoms. The fourth-order valence-corrected chi connectivity index (χ4v) is 1.76. The second-order valence-electron chi connectivity index (χ2n) is 4.55. The standard InChI is InChI=1S/C16H16N2O3/c1-18(16(20)14-7-3-2-4-8-14)11-15(19)21-12-13-6-5-9-17-10-13/h2-10H,11-12H2,1H3. The highest BCUT2D eigenvalue weighted by Gasteiger charge is 2.15. The van der Waals surface area contributed by atoms with E-state index in [9.17, 15) is 9.59 Å². The minimum absolute atomic E-state index is 0.0893. The van der Waals surface area contributed by atoms with Gasteiger partial charge in [0.15, 0.2) is 0 Å². The molecule has 0 atom stereocenters. The maximum atomic E-state index is 12.1. The van der Waals surface area contributed by atoms with E-state index in [-0.39, 0.29) is 19.1 Å². The molecule has 1 amide bonds. The zero-order valence-corrected chi connectivity index (χ0v) is 11.7. The summed E-state index contributed by atoms with van der Waals surface area (Å²) in [5, 5.41) is 0. The third kappa shape index (κ3) is 4.42. The molecule has 0 bridgehead atoms. The van der Waals surface area contributed by atoms with E-state index in [0.717, 1.165) is 5.56 Å². The van der Waals surface area contributed by atoms with E-state index >= 15 is 0 Å². The van der Waals surface area contributed by atoms with Crippen molar-refractivity contribution in [2.45, 2.75) is 6.61 Å². The van der Waals surface area contributed by atoms with E-state index < -0.39 is 5.97 Å². The first-order valence-electron chi connectivity index (χ1n) is 6.52. The lowest BCUT2D eigenvalue weighted by Crippen LogP contribution is -2.32. The summed E-state index contributed by atoms with van der Waals surface area (Å²) in [5.41, 5.74) is 1.35. The van der Waals surface area contributed by atoms with Crippen LogP contribution in [0, 0.1) is 0 Å². The normalized spacial score (nSPS) is 9.95. The van der Waals surface area contributed by atoms with Gasteiger partial charge >= 0.3 is 5.97 Å². The number of aromatic nitrogens is 1. The number of nitrogens with zero attached hydrogens (tertiary/aromatic N) is 2. The number of carbonyl (C=O) groups is 2. The van der Waals surface area contributed by atoms with Crippen molar-refractivity contribution in [2.75, 3.05) is 13.6 Å². The smallest absolute Gasteiger partial charge is 0.325 e. The molecule has 0 spiro atoms. The summed E-state index contributed by atoms with van der Waals surface area (Å²) in [5.74, 6) is -0.667. The Morgan fingerprint density at radius 3 is 2.57 bits per heavy atom. The molecule has 0 fully saturated rings. The van der Waals surface area contributed by atoms with Crippen LogP contribution in [0.5, 0.6) is 0 Å². The van der Waals surface area contributed by atoms with Crippen molar-refractivity contribution >= 4 is 11.9 Å². The highest BCUT2D eigenvalue weighted by Crippen LogP contribution is 2.04. The van der Waals surface area contributed by atoms with Crippen LogP contribution in [0.3, 0.4) is 0 Å². The molecule has 2 aromatic rings. The molecule has 0 saturated carbocycles. The molecule has 0 unspecified atom stereocenters. The van der Waals surface area contributed by atoms with Crippen molar-refractivity contribution in [2.24, 2.45) is 0 Å². The van der Waals surface area contributed by atoms with Gasteiger partial charge in [0.2, 0.25) is 0 Å². The quantitative estimate of drug-likeness (QED) is 0.787. The first-order chi connectivity index (χ1) is 10.2. The minimum atomic E-state index is -0.453. The summed E-state index contributed by atoms with van der Waals surface area (Å²) < 4.78 is 5.11. The largest absolute Gasteiger partial charge is 0.459 e. The van der Waals surface area contributed by atoms with Gasteiger partial charge in [-0.25, -0.2) is 0 Å². The number of likely N-dealkylation sites (N-methyl/N-ethyl adjacent to an activating group) is 1. The zero-order chi connectivity index (χ0) is 15.1. The van der Waals surface area contributed by atoms with Gasteiger partial charge in [-0.3, -0.25) is 14.6 Å². The Morgan fingerprint density at radius 2 is 1.90 bits per heavy atom. The van der Waals surface area contributed by atoms with Crippen LogP contribution in [0.25, 0.3) is 0 Å². The van der Waals surface area contributed by atoms with Gasteiger partial charge in [0, 0.05) is 30.6 Å². The summed E-state index contributed by atoms with van der Waals surface area (Å²) in [6.07, 6.45) is 3.28. The Kier molecular flexibility index (Phi) is 5.04. The van der Waals surface area contributed by atoms with Crippen LogP contribution in [0.2, 0.25) is 0 Å². The first-order valence-corrected chi connectivity index (χ1v) is 6.52. The van der Waals surface area contributed by atoms with Crippen molar-refractivity contribution in [3.05, 3.63) is 66.0 Å². The third-order valence-corrected chi connectivity index (χ3v) is 2.86. The van der Waals surface area contributed by atoms with Gasteiger partial charge in [0.1, 0.15) is 13.2 Å². The van der Waals surface area contributed by atoms with Gasteiger partial charge in [0.25, 0.3) is 5.91 Å². The van der Waals surface area contributed by atoms with Crippen LogP contribution in [0.15, 0.2) is 54.9 Å². The predicted octanol–water partition coefficient (Wildman–Crippen LogP) is 1.90. The van der Waals surface area contributed by atoms with Crippen LogP contribution < -0.4 is 0 Å². The average molecular weight is 284 g/mol. The summed E-state index contributed by atoms with van der Waals surface area (Å²) in [4.78, 5) is 29.1. The number of hydrogen-bond acceptors (Lipinski definition) is 4. The maximum absolute atomic E-state index is 12.1. The topological polar surface area (TPSA) is 59.5 Å². The molecular weight excluding hydrogens is 268 g/mol. The molecule has 0 saturated heterocycles. The van der Waals surface area contributed by atoms with Gasteiger partial charge < -0.3 is 9.64 Å². The summed E-state index contributed by atoms with van der Waals surface area (Å²) in [6, 6.07) is 12.4. The molecule has 5 heteroatoms. The van der Waals surface area contributed by atoms with Gasteiger partial charge in [0.05, 0.1) is 0 Å². The van der Waals surface area contributed by atoms with E-state index in [4.69, 9.17) is 4.74 Å². The molecule has 0 aliphatic carbocycles. The molecule has 1 aromatic heterocycles. The maximum Gasteiger partial charge on any atom is 0.325 e. The van der Waals surface area contributed by atoms with E-state index in [0.29, 0.717) is 5.56 Å². The van der Waals surface area contributed by atoms with Crippen molar-refractivity contribution in [3.8, 4) is 0 Å². The number of esters is 1. The lowest BCUT2D eigenvalue weighted by atomic mass is 10.2. The minimum Gasteiger partial charge on any atom is -0.459 e. The number of hydrogen-bond donors (Lipinski definition) is 0. The second-order valence-corrected chi connectivity index (χ2v) is 4.55. The van der Waals surface area contributed by atoms with Gasteiger partial charge in [-0.05, 0) is 18.2 Å². The highest BCUT2D eigenvalue weighted by atomic mass is 16.5. The lowest BCUT2D eigenvalue weighted by Gasteiger charge is -2.16. The van der Waals surface area contributed by atoms with Crippen molar-refractivity contribution < 1.29 is 14.3 Å². The van der Waals surface area contributed by atoms with Crippen LogP contribution in [0.1, 0.15) is 15.9 Å². The van der Waals surface area contributed by atoms with Crippen molar-refractivity contribution in [1.82, 2.24) is 9.88 Å². The molecule has 0 aliphatic rings. The van der Waals surface area contributed by atoms with E-state index in [2.05, 4.69) is 4.98 Å². The molecule has 1 aromatic carbocycles. The first kappa shape index (κ1) is 14.7. The lowest BCUT2D eigenvalue weighted by molar-refractivity contribution is -0.145. The number of carbonyl (C=O) groups excluding carboxylic acids is 2. The third-order valence-electron chi connectivity index (χ3n) is 2.86. The SMILES string of the molecule is CN(CC(=O)OCc1cccnc1)C(=O)c1ccccc1. The Hall–Kier alpha value is -2.69. The van der Waals surface area contributed by atoms with Crippen molar-refractivity contribution in [3.63, 3.8) is 0 Å². The van der Waals surface area contributed by atoms with E-state index in [1.165, 1.54) is 4.90 Å². The molecule has 1 heterocycles. The number of amides is 1. The second kappa shape index (κ2) is 7.19. The van der Waals surface area contributed by atoms with E-state index in [1.807, 2.05) is 12.1 Å². The molecule has 108 valence electrons. The molecule has 0 aliphatic heterocycles. The Bertz CT molecular complexity index is 599. The molecular formula is C16H16N2O3. The molecule has 0 radical (unpaired) electrons. The summed E-state index contributed by atoms with van der Waals surface area (Å²) in [7, 11) is 1.57. The Labute approximate surface area is 123 Å². The predicted molar refractivity (Wildman–Crippen MR) is 77.4 cm³/mol. The monoisotopic (exact) mass is 284 g/mol. The molecule has 0 N–H and O–H groups in total. The fraction of sp³-hybridized carbons (Fsp3) is 0.188. The van der Waals surface area contributed by atoms with Gasteiger partial charge in [-0.1, -0.05) is 24.3 Å². The summed E-state index contributed by atoms with van der Waals surface area (Å²) in [6.45, 7) is 0.0635. The van der Waals surface area contributed by atoms with Crippen LogP contribution in [0.4, 0.5) is 0 Å². The number of pyridine rings is 1. The van der Waals surface area contributed by atoms with Gasteiger partial charge in [-0.15, -0.1) is 0 Å². The number of ether oxygens (including phenoxy) is 1. The zero-order valence-electron chi connectivity index (χ0n) is 11.7. The number of rotatable bonds is 5. The van der Waals surface area contributed by atoms with Crippen LogP contribution >= 0.6 is 0 Å². The Morgan fingerprint density at radius 1 is 1.14 bits per heavy atom. The average Bonchev–Trinajstić information content (AvgIpc) is 2.54. The fourth-order valence-electron chi connectivity index (χ4n) is 1.76. The Balaban J connectivity index is 1.83. The van der Waals surface area contributed by atoms with Gasteiger partial charge in [-0.2, -0.15) is 0 Å².